The van der Waals surface area contributed by atoms with Gasteiger partial charge in [0.15, 0.2) is 0 Å². The number of rotatable bonds is 6. The molecule has 6 heterocycles. The van der Waals surface area contributed by atoms with Crippen LogP contribution < -0.4 is 5.73 Å². The van der Waals surface area contributed by atoms with Gasteiger partial charge >= 0.3 is 0 Å². The van der Waals surface area contributed by atoms with Gasteiger partial charge in [0.1, 0.15) is 0 Å². The molecule has 3 aliphatic heterocycles. The van der Waals surface area contributed by atoms with Gasteiger partial charge in [0.2, 0.25) is 0 Å². The average molecular weight is 839 g/mol. The molecule has 3 aliphatic rings. The molecule has 12 rings (SSSR count). The van der Waals surface area contributed by atoms with Crippen LogP contribution >= 0.6 is 0 Å². The van der Waals surface area contributed by atoms with E-state index in [4.69, 9.17) is 15.7 Å². The molecule has 8 bridgehead atoms. The molecule has 0 saturated heterocycles. The first kappa shape index (κ1) is 37.8. The van der Waals surface area contributed by atoms with Crippen molar-refractivity contribution in [2.45, 2.75) is 6.54 Å². The minimum atomic E-state index is -0.354. The van der Waals surface area contributed by atoms with E-state index in [0.717, 1.165) is 94.7 Å². The first-order chi connectivity index (χ1) is 32.0. The molecule has 65 heavy (non-hydrogen) atoms. The van der Waals surface area contributed by atoms with Crippen molar-refractivity contribution in [1.82, 2.24) is 24.8 Å². The molecular weight excluding hydrogens is 801 g/mol. The van der Waals surface area contributed by atoms with Crippen LogP contribution in [-0.4, -0.2) is 36.7 Å². The number of nitrogens with one attached hydrogen (secondary N) is 2. The topological polar surface area (TPSA) is 121 Å². The molecule has 308 valence electrons. The number of aromatic nitrogens is 4. The second-order valence-corrected chi connectivity index (χ2v) is 16.4. The molecule has 0 atom stereocenters. The van der Waals surface area contributed by atoms with Gasteiger partial charge in [-0.15, -0.1) is 0 Å². The maximum Gasteiger partial charge on any atom is 0.261 e. The highest BCUT2D eigenvalue weighted by molar-refractivity contribution is 6.23. The summed E-state index contributed by atoms with van der Waals surface area (Å²) in [6.45, 7) is 0.119. The SMILES string of the molecule is Nc1ccc(CN2C(=O)c3cc4c(cc3C2=O)-c2nc-4c(-c3ccccc3)c3ccc([nH]3)c(-c3ccccc3)c3nc(c(-c4ccccc4)c4ccc([nH]4)c2-c2ccccc2)C=C3)cc1. The molecule has 8 nitrogen and oxygen atoms in total. The predicted molar refractivity (Wildman–Crippen MR) is 261 cm³/mol. The molecule has 0 fully saturated rings. The largest absolute Gasteiger partial charge is 0.399 e. The number of carbonyl (C=O) groups excluding carboxylic acids is 2. The van der Waals surface area contributed by atoms with Crippen molar-refractivity contribution in [2.75, 3.05) is 5.73 Å². The van der Waals surface area contributed by atoms with Crippen LogP contribution in [0.3, 0.4) is 0 Å². The van der Waals surface area contributed by atoms with Crippen molar-refractivity contribution in [1.29, 1.82) is 0 Å². The predicted octanol–water partition coefficient (Wildman–Crippen LogP) is 12.9. The van der Waals surface area contributed by atoms with E-state index < -0.39 is 0 Å². The number of nitrogen functional groups attached to an aromatic ring is 1. The van der Waals surface area contributed by atoms with Crippen LogP contribution in [0.25, 0.3) is 101 Å². The first-order valence-electron chi connectivity index (χ1n) is 21.6. The van der Waals surface area contributed by atoms with E-state index in [9.17, 15) is 9.59 Å². The summed E-state index contributed by atoms with van der Waals surface area (Å²) in [5, 5.41) is 0. The molecule has 9 aromatic rings. The summed E-state index contributed by atoms with van der Waals surface area (Å²) in [6, 6.07) is 60.5. The van der Waals surface area contributed by atoms with Crippen LogP contribution in [0.2, 0.25) is 0 Å². The zero-order valence-corrected chi connectivity index (χ0v) is 34.9. The molecule has 0 unspecified atom stereocenters. The lowest BCUT2D eigenvalue weighted by Crippen LogP contribution is -2.29. The number of aromatic amines is 2. The Morgan fingerprint density at radius 2 is 0.785 bits per heavy atom. The van der Waals surface area contributed by atoms with Crippen LogP contribution in [0.1, 0.15) is 37.7 Å². The van der Waals surface area contributed by atoms with Gasteiger partial charge in [0, 0.05) is 61.1 Å². The van der Waals surface area contributed by atoms with E-state index in [1.807, 2.05) is 97.1 Å². The highest BCUT2D eigenvalue weighted by atomic mass is 16.2. The van der Waals surface area contributed by atoms with Crippen LogP contribution in [-0.2, 0) is 6.54 Å². The Hall–Kier alpha value is -8.88. The standard InChI is InChI=1S/C57H38N6O2/c58-39-23-21-34(22-24-39)33-63-56(64)42-31-40-41(32-43(42)57(63)65)55-53(38-19-11-4-12-20-38)49-30-28-47(61-49)51(36-15-7-2-8-16-36)45-26-25-44(59-45)50(35-13-5-1-6-14-35)46-27-29-48(60-46)52(54(40)62-55)37-17-9-3-10-18-37/h1-32,60-61H,33,58H2. The number of carbonyl (C=O) groups is 2. The lowest BCUT2D eigenvalue weighted by molar-refractivity contribution is 0.0642. The third kappa shape index (κ3) is 6.38. The summed E-state index contributed by atoms with van der Waals surface area (Å²) in [5.41, 5.74) is 23.5. The van der Waals surface area contributed by atoms with Gasteiger partial charge in [-0.25, -0.2) is 9.97 Å². The molecule has 0 saturated carbocycles. The highest BCUT2D eigenvalue weighted by Gasteiger charge is 2.39. The lowest BCUT2D eigenvalue weighted by atomic mass is 9.92. The molecule has 0 radical (unpaired) electrons. The molecule has 0 spiro atoms. The van der Waals surface area contributed by atoms with E-state index in [1.54, 1.807) is 12.1 Å². The smallest absolute Gasteiger partial charge is 0.261 e. The number of nitrogens with zero attached hydrogens (tertiary/aromatic N) is 3. The molecule has 8 heteroatoms. The monoisotopic (exact) mass is 838 g/mol. The quantitative estimate of drug-likeness (QED) is 0.114. The molecule has 6 aromatic carbocycles. The summed E-state index contributed by atoms with van der Waals surface area (Å²) >= 11 is 0. The van der Waals surface area contributed by atoms with Gasteiger partial charge in [-0.05, 0) is 88.5 Å². The molecule has 2 amide bonds. The van der Waals surface area contributed by atoms with Gasteiger partial charge < -0.3 is 15.7 Å². The van der Waals surface area contributed by atoms with Gasteiger partial charge in [0.05, 0.1) is 40.4 Å². The second-order valence-electron chi connectivity index (χ2n) is 16.4. The van der Waals surface area contributed by atoms with E-state index in [-0.39, 0.29) is 18.4 Å². The van der Waals surface area contributed by atoms with Crippen LogP contribution in [0.4, 0.5) is 5.69 Å². The fraction of sp³-hybridized carbons (Fsp3) is 0.0175. The molecule has 0 aliphatic carbocycles. The van der Waals surface area contributed by atoms with E-state index in [2.05, 4.69) is 94.9 Å². The normalized spacial score (nSPS) is 12.7. The van der Waals surface area contributed by atoms with Crippen molar-refractivity contribution in [3.63, 3.8) is 0 Å². The van der Waals surface area contributed by atoms with E-state index in [1.165, 1.54) is 4.90 Å². The second kappa shape index (κ2) is 15.2. The van der Waals surface area contributed by atoms with Crippen LogP contribution in [0.15, 0.2) is 182 Å². The molecule has 3 aromatic heterocycles. The number of H-pyrrole nitrogens is 2. The van der Waals surface area contributed by atoms with Crippen LogP contribution in [0.5, 0.6) is 0 Å². The number of anilines is 1. The van der Waals surface area contributed by atoms with Crippen LogP contribution in [0, 0.1) is 0 Å². The Kier molecular flexibility index (Phi) is 8.84. The number of fused-ring (bicyclic) bond motifs is 12. The van der Waals surface area contributed by atoms with E-state index >= 15 is 0 Å². The van der Waals surface area contributed by atoms with Gasteiger partial charge in [-0.3, -0.25) is 14.5 Å². The summed E-state index contributed by atoms with van der Waals surface area (Å²) in [5.74, 6) is -0.707. The number of nitrogens with two attached hydrogens (primary N) is 1. The fourth-order valence-electron chi connectivity index (χ4n) is 9.45. The van der Waals surface area contributed by atoms with Crippen molar-refractivity contribution >= 4 is 51.7 Å². The summed E-state index contributed by atoms with van der Waals surface area (Å²) in [6.07, 6.45) is 4.19. The number of benzene rings is 6. The minimum absolute atomic E-state index is 0.119. The average Bonchev–Trinajstić information content (AvgIpc) is 4.21. The number of hydrogen-bond acceptors (Lipinski definition) is 5. The Morgan fingerprint density at radius 3 is 1.18 bits per heavy atom. The van der Waals surface area contributed by atoms with Crippen molar-refractivity contribution < 1.29 is 9.59 Å². The zero-order chi connectivity index (χ0) is 43.6. The lowest BCUT2D eigenvalue weighted by Gasteiger charge is -2.13. The first-order valence-corrected chi connectivity index (χ1v) is 21.6. The Labute approximate surface area is 374 Å². The maximum atomic E-state index is 14.4. The molecular formula is C57H38N6O2. The maximum absolute atomic E-state index is 14.4. The number of hydrogen-bond donors (Lipinski definition) is 3. The van der Waals surface area contributed by atoms with E-state index in [0.29, 0.717) is 28.2 Å². The summed E-state index contributed by atoms with van der Waals surface area (Å²) in [7, 11) is 0. The number of imide groups is 1. The summed E-state index contributed by atoms with van der Waals surface area (Å²) < 4.78 is 0. The third-order valence-corrected chi connectivity index (χ3v) is 12.5. The zero-order valence-electron chi connectivity index (χ0n) is 34.9. The van der Waals surface area contributed by atoms with Gasteiger partial charge in [-0.1, -0.05) is 133 Å². The van der Waals surface area contributed by atoms with Crippen molar-refractivity contribution in [3.8, 4) is 67.0 Å². The van der Waals surface area contributed by atoms with Gasteiger partial charge in [0.25, 0.3) is 11.8 Å². The Balaban J connectivity index is 1.24. The van der Waals surface area contributed by atoms with Crippen molar-refractivity contribution in [3.05, 3.63) is 210 Å². The highest BCUT2D eigenvalue weighted by Crippen LogP contribution is 2.48. The minimum Gasteiger partial charge on any atom is -0.399 e. The summed E-state index contributed by atoms with van der Waals surface area (Å²) in [4.78, 5) is 48.9. The Morgan fingerprint density at radius 1 is 0.415 bits per heavy atom. The Bertz CT molecular complexity index is 3380. The third-order valence-electron chi connectivity index (χ3n) is 12.5. The molecule has 4 N–H and O–H groups in total. The van der Waals surface area contributed by atoms with Gasteiger partial charge in [-0.2, -0.15) is 0 Å². The van der Waals surface area contributed by atoms with Crippen molar-refractivity contribution in [2.24, 2.45) is 0 Å². The fourth-order valence-corrected chi connectivity index (χ4v) is 9.45. The number of amides is 2.